The molecule has 6 nitrogen and oxygen atoms in total. The van der Waals surface area contributed by atoms with Gasteiger partial charge in [-0.25, -0.2) is 9.18 Å². The van der Waals surface area contributed by atoms with E-state index in [1.165, 1.54) is 6.92 Å². The minimum atomic E-state index is -0.818. The van der Waals surface area contributed by atoms with Crippen LogP contribution in [0.1, 0.15) is 37.0 Å². The number of hydrogen-bond acceptors (Lipinski definition) is 5. The van der Waals surface area contributed by atoms with Gasteiger partial charge < -0.3 is 21.5 Å². The van der Waals surface area contributed by atoms with Gasteiger partial charge in [-0.05, 0) is 25.5 Å². The number of ether oxygens (including phenoxy) is 1. The molecule has 116 valence electrons. The highest BCUT2D eigenvalue weighted by Gasteiger charge is 2.19. The molecule has 7 heteroatoms. The number of nitrogen functional groups attached to an aromatic ring is 2. The number of halogens is 1. The van der Waals surface area contributed by atoms with E-state index in [1.807, 2.05) is 6.92 Å². The monoisotopic (exact) mass is 297 g/mol. The Morgan fingerprint density at radius 1 is 1.33 bits per heavy atom. The van der Waals surface area contributed by atoms with Crippen LogP contribution in [0.5, 0.6) is 0 Å². The first kappa shape index (κ1) is 16.7. The van der Waals surface area contributed by atoms with Crippen molar-refractivity contribution < 1.29 is 18.7 Å². The van der Waals surface area contributed by atoms with E-state index in [2.05, 4.69) is 5.32 Å². The van der Waals surface area contributed by atoms with Crippen molar-refractivity contribution in [2.75, 3.05) is 18.1 Å². The summed E-state index contributed by atoms with van der Waals surface area (Å²) in [4.78, 5) is 23.6. The summed E-state index contributed by atoms with van der Waals surface area (Å²) in [7, 11) is 0. The van der Waals surface area contributed by atoms with E-state index in [0.29, 0.717) is 6.61 Å². The number of nitrogens with two attached hydrogens (primary N) is 2. The second-order valence-electron chi connectivity index (χ2n) is 4.68. The Bertz CT molecular complexity index is 511. The van der Waals surface area contributed by atoms with Gasteiger partial charge in [-0.1, -0.05) is 13.3 Å². The second kappa shape index (κ2) is 7.47. The lowest BCUT2D eigenvalue weighted by atomic mass is 10.1. The molecule has 21 heavy (non-hydrogen) atoms. The average Bonchev–Trinajstić information content (AvgIpc) is 2.44. The van der Waals surface area contributed by atoms with Crippen LogP contribution < -0.4 is 16.8 Å². The molecule has 0 heterocycles. The Balaban J connectivity index is 2.66. The van der Waals surface area contributed by atoms with Crippen LogP contribution in [0.2, 0.25) is 0 Å². The lowest BCUT2D eigenvalue weighted by Gasteiger charge is -2.14. The van der Waals surface area contributed by atoms with Crippen LogP contribution in [0.4, 0.5) is 15.8 Å². The van der Waals surface area contributed by atoms with E-state index in [0.717, 1.165) is 25.0 Å². The Morgan fingerprint density at radius 2 is 1.90 bits per heavy atom. The standard InChI is InChI=1S/C14H20FN3O3/c1-3-4-5-21-14(20)8(2)18-13(19)9-6-10(16)12(15)11(17)7-9/h6-8H,3-5,16-17H2,1-2H3,(H,18,19)/t8-/m0/s1. The smallest absolute Gasteiger partial charge is 0.328 e. The summed E-state index contributed by atoms with van der Waals surface area (Å²) in [6, 6.07) is 1.51. The van der Waals surface area contributed by atoms with Crippen molar-refractivity contribution in [3.05, 3.63) is 23.5 Å². The Kier molecular flexibility index (Phi) is 5.95. The predicted molar refractivity (Wildman–Crippen MR) is 78.0 cm³/mol. The third kappa shape index (κ3) is 4.62. The summed E-state index contributed by atoms with van der Waals surface area (Å²) in [6.07, 6.45) is 1.67. The molecule has 1 aromatic carbocycles. The first-order chi connectivity index (χ1) is 9.86. The van der Waals surface area contributed by atoms with E-state index >= 15 is 0 Å². The summed E-state index contributed by atoms with van der Waals surface area (Å²) >= 11 is 0. The highest BCUT2D eigenvalue weighted by Crippen LogP contribution is 2.19. The number of benzene rings is 1. The van der Waals surface area contributed by atoms with Gasteiger partial charge in [-0.2, -0.15) is 0 Å². The summed E-state index contributed by atoms with van der Waals surface area (Å²) in [5, 5.41) is 2.45. The third-order valence-corrected chi connectivity index (χ3v) is 2.83. The average molecular weight is 297 g/mol. The maximum atomic E-state index is 13.3. The number of unbranched alkanes of at least 4 members (excludes halogenated alkanes) is 1. The van der Waals surface area contributed by atoms with Gasteiger partial charge in [-0.15, -0.1) is 0 Å². The maximum absolute atomic E-state index is 13.3. The van der Waals surface area contributed by atoms with E-state index < -0.39 is 23.7 Å². The van der Waals surface area contributed by atoms with Crippen molar-refractivity contribution in [3.8, 4) is 0 Å². The quantitative estimate of drug-likeness (QED) is 0.418. The zero-order valence-corrected chi connectivity index (χ0v) is 12.1. The molecule has 1 rings (SSSR count). The second-order valence-corrected chi connectivity index (χ2v) is 4.68. The largest absolute Gasteiger partial charge is 0.464 e. The van der Waals surface area contributed by atoms with Crippen molar-refractivity contribution in [3.63, 3.8) is 0 Å². The summed E-state index contributed by atoms with van der Waals surface area (Å²) in [5.41, 5.74) is 10.4. The Labute approximate surface area is 122 Å². The molecular formula is C14H20FN3O3. The minimum Gasteiger partial charge on any atom is -0.464 e. The molecule has 0 unspecified atom stereocenters. The third-order valence-electron chi connectivity index (χ3n) is 2.83. The van der Waals surface area contributed by atoms with E-state index in [-0.39, 0.29) is 16.9 Å². The van der Waals surface area contributed by atoms with Crippen molar-refractivity contribution in [1.82, 2.24) is 5.32 Å². The molecule has 0 aromatic heterocycles. The van der Waals surface area contributed by atoms with Crippen LogP contribution in [0.15, 0.2) is 12.1 Å². The molecule has 1 amide bonds. The van der Waals surface area contributed by atoms with Gasteiger partial charge >= 0.3 is 5.97 Å². The summed E-state index contributed by atoms with van der Waals surface area (Å²) < 4.78 is 18.3. The molecule has 0 bridgehead atoms. The summed E-state index contributed by atoms with van der Waals surface area (Å²) in [6.45, 7) is 3.79. The molecular weight excluding hydrogens is 277 g/mol. The van der Waals surface area contributed by atoms with Gasteiger partial charge in [0, 0.05) is 5.56 Å². The molecule has 0 aliphatic heterocycles. The summed E-state index contributed by atoms with van der Waals surface area (Å²) in [5.74, 6) is -1.87. The first-order valence-corrected chi connectivity index (χ1v) is 6.68. The van der Waals surface area contributed by atoms with Crippen LogP contribution in [0.3, 0.4) is 0 Å². The van der Waals surface area contributed by atoms with Gasteiger partial charge in [0.05, 0.1) is 18.0 Å². The highest BCUT2D eigenvalue weighted by molar-refractivity contribution is 5.98. The minimum absolute atomic E-state index is 0.0830. The number of anilines is 2. The van der Waals surface area contributed by atoms with Crippen molar-refractivity contribution in [2.45, 2.75) is 32.7 Å². The van der Waals surface area contributed by atoms with Gasteiger partial charge in [0.1, 0.15) is 6.04 Å². The number of hydrogen-bond donors (Lipinski definition) is 3. The lowest BCUT2D eigenvalue weighted by Crippen LogP contribution is -2.39. The zero-order valence-electron chi connectivity index (χ0n) is 12.1. The topological polar surface area (TPSA) is 107 Å². The molecule has 0 radical (unpaired) electrons. The van der Waals surface area contributed by atoms with E-state index in [9.17, 15) is 14.0 Å². The van der Waals surface area contributed by atoms with Crippen LogP contribution in [-0.4, -0.2) is 24.5 Å². The van der Waals surface area contributed by atoms with E-state index in [1.54, 1.807) is 0 Å². The van der Waals surface area contributed by atoms with Crippen LogP contribution in [0, 0.1) is 5.82 Å². The Morgan fingerprint density at radius 3 is 2.43 bits per heavy atom. The fourth-order valence-electron chi connectivity index (χ4n) is 1.58. The first-order valence-electron chi connectivity index (χ1n) is 6.68. The molecule has 5 N–H and O–H groups in total. The van der Waals surface area contributed by atoms with Gasteiger partial charge in [0.15, 0.2) is 5.82 Å². The van der Waals surface area contributed by atoms with Crippen molar-refractivity contribution in [1.29, 1.82) is 0 Å². The molecule has 0 spiro atoms. The van der Waals surface area contributed by atoms with Gasteiger partial charge in [0.2, 0.25) is 0 Å². The highest BCUT2D eigenvalue weighted by atomic mass is 19.1. The SMILES string of the molecule is CCCCOC(=O)[C@H](C)NC(=O)c1cc(N)c(F)c(N)c1. The number of rotatable bonds is 6. The molecule has 0 saturated carbocycles. The number of carbonyl (C=O) groups excluding carboxylic acids is 2. The number of nitrogens with one attached hydrogen (secondary N) is 1. The molecule has 0 saturated heterocycles. The van der Waals surface area contributed by atoms with E-state index in [4.69, 9.17) is 16.2 Å². The molecule has 1 atom stereocenters. The van der Waals surface area contributed by atoms with Crippen LogP contribution >= 0.6 is 0 Å². The fraction of sp³-hybridized carbons (Fsp3) is 0.429. The zero-order chi connectivity index (χ0) is 16.0. The molecule has 0 aliphatic carbocycles. The molecule has 0 aliphatic rings. The molecule has 1 aromatic rings. The van der Waals surface area contributed by atoms with Crippen LogP contribution in [-0.2, 0) is 9.53 Å². The number of amides is 1. The normalized spacial score (nSPS) is 11.8. The van der Waals surface area contributed by atoms with Crippen molar-refractivity contribution in [2.24, 2.45) is 0 Å². The maximum Gasteiger partial charge on any atom is 0.328 e. The lowest BCUT2D eigenvalue weighted by molar-refractivity contribution is -0.145. The van der Waals surface area contributed by atoms with Gasteiger partial charge in [-0.3, -0.25) is 4.79 Å². The number of esters is 1. The fourth-order valence-corrected chi connectivity index (χ4v) is 1.58. The van der Waals surface area contributed by atoms with Crippen molar-refractivity contribution >= 4 is 23.3 Å². The Hall–Kier alpha value is -2.31. The predicted octanol–water partition coefficient (Wildman–Crippen LogP) is 1.45. The number of carbonyl (C=O) groups is 2. The molecule has 0 fully saturated rings. The van der Waals surface area contributed by atoms with Gasteiger partial charge in [0.25, 0.3) is 5.91 Å². The van der Waals surface area contributed by atoms with Crippen LogP contribution in [0.25, 0.3) is 0 Å².